The Labute approximate surface area is 748 Å². The van der Waals surface area contributed by atoms with Crippen LogP contribution in [-0.2, 0) is 55.2 Å². The maximum absolute atomic E-state index is 13.7. The summed E-state index contributed by atoms with van der Waals surface area (Å²) >= 11 is 0. The van der Waals surface area contributed by atoms with E-state index in [0.717, 1.165) is 112 Å². The minimum Gasteiger partial charge on any atom is -0.486 e. The number of ketones is 1. The molecule has 3 amide bonds. The second kappa shape index (κ2) is 44.8. The van der Waals surface area contributed by atoms with Gasteiger partial charge in [0.2, 0.25) is 5.91 Å². The second-order valence-electron chi connectivity index (χ2n) is 33.2. The van der Waals surface area contributed by atoms with E-state index in [4.69, 9.17) is 37.1 Å². The van der Waals surface area contributed by atoms with Crippen molar-refractivity contribution >= 4 is 50.7 Å². The summed E-state index contributed by atoms with van der Waals surface area (Å²) in [5.74, 6) is 2.12. The first-order valence-corrected chi connectivity index (χ1v) is 43.9. The van der Waals surface area contributed by atoms with E-state index in [9.17, 15) is 28.8 Å². The monoisotopic (exact) mass is 1710 g/mol. The van der Waals surface area contributed by atoms with Gasteiger partial charge in [-0.15, -0.1) is 0 Å². The molecule has 128 heavy (non-hydrogen) atoms. The maximum Gasteiger partial charge on any atom is 0.256 e. The lowest BCUT2D eigenvalue weighted by Gasteiger charge is -2.38. The number of benzene rings is 10. The predicted molar refractivity (Wildman–Crippen MR) is 502 cm³/mol. The number of nitriles is 1. The number of hydrogen-bond donors (Lipinski definition) is 4. The van der Waals surface area contributed by atoms with Crippen LogP contribution in [-0.4, -0.2) is 120 Å². The Balaban J connectivity index is 0.000000138. The summed E-state index contributed by atoms with van der Waals surface area (Å²) in [5.41, 5.74) is 38.9. The van der Waals surface area contributed by atoms with Crippen LogP contribution < -0.4 is 32.4 Å². The molecule has 21 heteroatoms. The molecule has 6 heterocycles. The molecule has 17 rings (SSSR count). The summed E-state index contributed by atoms with van der Waals surface area (Å²) in [6.45, 7) is 8.85. The number of carbonyl (C=O) groups excluding carboxylic acids is 4. The molecule has 0 bridgehead atoms. The average molecular weight is 1710 g/mol. The third kappa shape index (κ3) is 24.8. The van der Waals surface area contributed by atoms with Crippen LogP contribution in [0, 0.1) is 35.9 Å². The first kappa shape index (κ1) is 90.4. The lowest BCUT2D eigenvalue weighted by molar-refractivity contribution is -0.134. The molecule has 1 aliphatic carbocycles. The number of nitrogens with two attached hydrogens (primary N) is 4. The van der Waals surface area contributed by atoms with E-state index in [1.807, 2.05) is 156 Å². The van der Waals surface area contributed by atoms with Gasteiger partial charge in [-0.3, -0.25) is 34.1 Å². The Hall–Kier alpha value is -13.9. The molecule has 10 aromatic carbocycles. The van der Waals surface area contributed by atoms with E-state index in [2.05, 4.69) is 136 Å². The highest BCUT2D eigenvalue weighted by Crippen LogP contribution is 2.44. The Kier molecular flexibility index (Phi) is 31.6. The molecule has 0 spiro atoms. The number of hydrogen-bond acceptors (Lipinski definition) is 16. The third-order valence-corrected chi connectivity index (χ3v) is 24.0. The van der Waals surface area contributed by atoms with Crippen molar-refractivity contribution in [2.45, 2.75) is 135 Å². The summed E-state index contributed by atoms with van der Waals surface area (Å²) in [6.07, 6.45) is 19.7. The molecule has 1 saturated carbocycles. The fourth-order valence-electron chi connectivity index (χ4n) is 17.1. The number of fused-ring (bicyclic) bond motifs is 3. The van der Waals surface area contributed by atoms with E-state index in [1.54, 1.807) is 58.9 Å². The van der Waals surface area contributed by atoms with Crippen LogP contribution in [0.4, 0.5) is 10.1 Å². The molecule has 8 N–H and O–H groups in total. The first-order valence-electron chi connectivity index (χ1n) is 43.9. The van der Waals surface area contributed by atoms with Crippen LogP contribution in [0.5, 0.6) is 11.5 Å². The van der Waals surface area contributed by atoms with E-state index in [0.29, 0.717) is 130 Å². The Morgan fingerprint density at radius 3 is 2.07 bits per heavy atom. The highest BCUT2D eigenvalue weighted by atomic mass is 19.1. The van der Waals surface area contributed by atoms with Crippen LogP contribution in [0.2, 0.25) is 0 Å². The van der Waals surface area contributed by atoms with Crippen LogP contribution >= 0.6 is 0 Å². The molecule has 7 atom stereocenters. The van der Waals surface area contributed by atoms with Gasteiger partial charge in [0.1, 0.15) is 19.0 Å². The minimum absolute atomic E-state index is 0.00650. The topological polar surface area (TPSA) is 290 Å². The zero-order valence-corrected chi connectivity index (χ0v) is 72.5. The molecule has 2 fully saturated rings. The summed E-state index contributed by atoms with van der Waals surface area (Å²) < 4.78 is 32.7. The maximum atomic E-state index is 13.7. The summed E-state index contributed by atoms with van der Waals surface area (Å²) in [7, 11) is 0. The van der Waals surface area contributed by atoms with Gasteiger partial charge < -0.3 is 56.4 Å². The number of halogens is 1. The van der Waals surface area contributed by atoms with Crippen molar-refractivity contribution in [3.8, 4) is 40.0 Å². The van der Waals surface area contributed by atoms with E-state index >= 15 is 0 Å². The molecule has 2 aliphatic heterocycles. The SMILES string of the molecule is CC(=O)c1cccc(-c2cc(C(=O)N(CCCN)Cc3ccc4c(c3)OCCO4)ccn2)c1.Cc1ccc(C[C@@H](N)C(=O)N2C[C@H](OCc3ccccc3)C[C@@H]2CCn2ccnc2)cc1.N#CC[C@H]1CC([C@@H](N)Cc2ccc(F)cc2)CC[C@H]1c1ccc2ccccc2c1.Nc1ccc(CN(Cc2ccccn2)C(=O)c2cncc(-c3cccc4ccccc34)c2)cc1. The van der Waals surface area contributed by atoms with Crippen molar-refractivity contribution in [3.05, 3.63) is 378 Å². The molecule has 4 aromatic heterocycles. The van der Waals surface area contributed by atoms with Crippen LogP contribution in [0.1, 0.15) is 133 Å². The average Bonchev–Trinajstić information content (AvgIpc) is 1.27. The Morgan fingerprint density at radius 1 is 0.602 bits per heavy atom. The Bertz CT molecular complexity index is 6040. The number of amides is 3. The van der Waals surface area contributed by atoms with Gasteiger partial charge in [0.25, 0.3) is 11.8 Å². The van der Waals surface area contributed by atoms with Gasteiger partial charge in [-0.25, -0.2) is 9.37 Å². The molecule has 652 valence electrons. The number of carbonyl (C=O) groups is 4. The van der Waals surface area contributed by atoms with Crippen molar-refractivity contribution in [2.75, 3.05) is 38.6 Å². The first-order chi connectivity index (χ1) is 62.4. The number of Topliss-reactive ketones (excluding diaryl/α,β-unsaturated/α-hetero) is 1. The van der Waals surface area contributed by atoms with Crippen LogP contribution in [0.25, 0.3) is 43.9 Å². The van der Waals surface area contributed by atoms with Crippen molar-refractivity contribution in [3.63, 3.8) is 0 Å². The second-order valence-corrected chi connectivity index (χ2v) is 33.2. The smallest absolute Gasteiger partial charge is 0.256 e. The van der Waals surface area contributed by atoms with Gasteiger partial charge in [0.05, 0.1) is 54.6 Å². The third-order valence-electron chi connectivity index (χ3n) is 24.0. The molecular weight excluding hydrogens is 1600 g/mol. The molecule has 1 unspecified atom stereocenters. The highest BCUT2D eigenvalue weighted by Gasteiger charge is 2.38. The number of rotatable bonds is 28. The van der Waals surface area contributed by atoms with Gasteiger partial charge >= 0.3 is 0 Å². The Morgan fingerprint density at radius 2 is 1.30 bits per heavy atom. The van der Waals surface area contributed by atoms with Gasteiger partial charge in [-0.1, -0.05) is 200 Å². The number of aromatic nitrogens is 5. The van der Waals surface area contributed by atoms with Crippen LogP contribution in [0.3, 0.4) is 0 Å². The number of aryl methyl sites for hydroxylation is 2. The summed E-state index contributed by atoms with van der Waals surface area (Å²) in [4.78, 5) is 75.1. The minimum atomic E-state index is -0.554. The van der Waals surface area contributed by atoms with Crippen molar-refractivity contribution in [1.82, 2.24) is 39.2 Å². The number of pyridine rings is 3. The number of imidazole rings is 1. The largest absolute Gasteiger partial charge is 0.486 e. The molecule has 1 saturated heterocycles. The van der Waals surface area contributed by atoms with Crippen molar-refractivity contribution in [2.24, 2.45) is 29.0 Å². The molecule has 0 radical (unpaired) electrons. The van der Waals surface area contributed by atoms with Crippen molar-refractivity contribution < 1.29 is 37.8 Å². The van der Waals surface area contributed by atoms with E-state index in [-0.39, 0.29) is 47.5 Å². The lowest BCUT2D eigenvalue weighted by Crippen LogP contribution is -2.47. The van der Waals surface area contributed by atoms with Gasteiger partial charge in [0.15, 0.2) is 17.3 Å². The fourth-order valence-corrected chi connectivity index (χ4v) is 17.1. The molecular formula is C107H110FN13O7. The number of anilines is 1. The highest BCUT2D eigenvalue weighted by molar-refractivity contribution is 6.00. The molecule has 20 nitrogen and oxygen atoms in total. The number of ether oxygens (including phenoxy) is 3. The number of nitrogens with zero attached hydrogens (tertiary/aromatic N) is 9. The standard InChI is InChI=1S/C29H24N4O.C26H27FN2.C26H32N4O2.C26H27N3O4/c30-25-13-11-21(12-14-25)19-33(20-26-8-3-4-15-32-26)29(34)24-16-23(17-31-18-24)28-10-5-7-22-6-1-2-9-27(22)28;27-24-10-5-18(6-11-24)15-26(29)23-9-12-25(22(17-23)13-14-28)21-8-7-19-3-1-2-4-20(19)16-21;1-20-7-9-21(10-8-20)15-25(27)26(31)30-17-24(32-18-22-5-3-2-4-6-22)16-23(30)11-13-29-14-12-28-19-29;1-18(30)20-4-2-5-21(15-20)23-16-22(8-10-28-23)26(31)29(11-3-9-27)17-19-6-7-24-25(14-19)33-13-12-32-24/h1-18H,19-20,30H2;1-8,10-11,16,22-23,25-26H,9,12-13,15,17,29H2;2-10,12,14,19,23-25H,11,13,15-18,27H2,1H3;2,4-8,10,14-16H,3,9,11-13,17,27H2,1H3/t;22-,23?,25-,26-;23-,24+,25+;/m.00./s1. The molecule has 3 aliphatic rings. The number of likely N-dealkylation sites (tertiary alicyclic amines) is 1. The quantitative estimate of drug-likeness (QED) is 0.0262. The van der Waals surface area contributed by atoms with E-state index in [1.165, 1.54) is 41.0 Å². The lowest BCUT2D eigenvalue weighted by atomic mass is 9.68. The zero-order chi connectivity index (χ0) is 89.1. The van der Waals surface area contributed by atoms with Crippen molar-refractivity contribution in [1.29, 1.82) is 5.26 Å². The summed E-state index contributed by atoms with van der Waals surface area (Å²) in [6, 6.07) is 88.3. The summed E-state index contributed by atoms with van der Waals surface area (Å²) in [5, 5.41) is 14.2. The normalized spacial score (nSPS) is 16.0. The van der Waals surface area contributed by atoms with Crippen LogP contribution in [0.15, 0.2) is 310 Å². The molecule has 14 aromatic rings. The van der Waals surface area contributed by atoms with E-state index < -0.39 is 6.04 Å². The van der Waals surface area contributed by atoms with Gasteiger partial charge in [0, 0.05) is 116 Å². The van der Waals surface area contributed by atoms with Gasteiger partial charge in [-0.2, -0.15) is 5.26 Å². The van der Waals surface area contributed by atoms with Gasteiger partial charge in [-0.05, 0) is 223 Å². The number of nitrogen functional groups attached to an aromatic ring is 1. The predicted octanol–water partition coefficient (Wildman–Crippen LogP) is 18.7. The zero-order valence-electron chi connectivity index (χ0n) is 72.5. The fraction of sp³-hybridized carbons (Fsp3) is 0.262.